The molecule has 6 aromatic rings. The molecule has 0 unspecified atom stereocenters. The fourth-order valence-corrected chi connectivity index (χ4v) is 6.20. The van der Waals surface area contributed by atoms with Gasteiger partial charge in [-0.25, -0.2) is 4.79 Å². The van der Waals surface area contributed by atoms with Crippen LogP contribution in [-0.2, 0) is 0 Å². The molecule has 0 atom stereocenters. The molecule has 0 spiro atoms. The highest BCUT2D eigenvalue weighted by atomic mass is 16.5. The molecule has 2 amide bonds. The Kier molecular flexibility index (Phi) is 13.6. The highest BCUT2D eigenvalue weighted by Gasteiger charge is 2.28. The maximum absolute atomic E-state index is 14.4. The van der Waals surface area contributed by atoms with Gasteiger partial charge in [0.2, 0.25) is 0 Å². The van der Waals surface area contributed by atoms with Gasteiger partial charge in [-0.3, -0.25) is 14.5 Å². The zero-order chi connectivity index (χ0) is 43.5. The predicted octanol–water partition coefficient (Wildman–Crippen LogP) is 8.60. The van der Waals surface area contributed by atoms with Crippen LogP contribution in [-0.4, -0.2) is 67.6 Å². The van der Waals surface area contributed by atoms with Gasteiger partial charge in [-0.1, -0.05) is 30.0 Å². The van der Waals surface area contributed by atoms with Crippen LogP contribution in [0.15, 0.2) is 121 Å². The minimum Gasteiger partial charge on any atom is -0.496 e. The second-order valence-electron chi connectivity index (χ2n) is 12.9. The summed E-state index contributed by atoms with van der Waals surface area (Å²) in [5.74, 6) is 7.41. The van der Waals surface area contributed by atoms with Gasteiger partial charge in [0.15, 0.2) is 23.0 Å². The summed E-state index contributed by atoms with van der Waals surface area (Å²) in [6.07, 6.45) is 0. The van der Waals surface area contributed by atoms with Crippen molar-refractivity contribution in [1.82, 2.24) is 0 Å². The van der Waals surface area contributed by atoms with Crippen molar-refractivity contribution in [3.63, 3.8) is 0 Å². The maximum Gasteiger partial charge on any atom is 0.347 e. The van der Waals surface area contributed by atoms with Gasteiger partial charge in [0.25, 0.3) is 11.8 Å². The Hall–Kier alpha value is -8.11. The second-order valence-corrected chi connectivity index (χ2v) is 12.9. The number of carbonyl (C=O) groups excluding carboxylic acids is 3. The number of nitrogens with zero attached hydrogens (tertiary/aromatic N) is 1. The van der Waals surface area contributed by atoms with E-state index in [2.05, 4.69) is 17.2 Å². The molecule has 0 saturated carbocycles. The summed E-state index contributed by atoms with van der Waals surface area (Å²) >= 11 is 0. The summed E-state index contributed by atoms with van der Waals surface area (Å²) in [5.41, 5.74) is 3.56. The second kappa shape index (κ2) is 19.6. The van der Waals surface area contributed by atoms with E-state index in [0.29, 0.717) is 62.5 Å². The molecule has 0 aliphatic heterocycles. The van der Waals surface area contributed by atoms with Crippen LogP contribution in [0.25, 0.3) is 0 Å². The molecule has 61 heavy (non-hydrogen) atoms. The number of benzene rings is 6. The first-order chi connectivity index (χ1) is 29.6. The number of rotatable bonds is 14. The summed E-state index contributed by atoms with van der Waals surface area (Å²) in [6, 6.07) is 33.9. The molecule has 1 N–H and O–H groups in total. The predicted molar refractivity (Wildman–Crippen MR) is 230 cm³/mol. The third kappa shape index (κ3) is 9.62. The van der Waals surface area contributed by atoms with E-state index in [1.54, 1.807) is 97.1 Å². The molecule has 13 heteroatoms. The molecule has 0 bridgehead atoms. The van der Waals surface area contributed by atoms with Crippen molar-refractivity contribution in [2.45, 2.75) is 0 Å². The summed E-state index contributed by atoms with van der Waals surface area (Å²) < 4.78 is 43.8. The van der Waals surface area contributed by atoms with Crippen LogP contribution in [0.4, 0.5) is 17.1 Å². The average Bonchev–Trinajstić information content (AvgIpc) is 3.31. The van der Waals surface area contributed by atoms with Crippen molar-refractivity contribution in [2.24, 2.45) is 0 Å². The lowest BCUT2D eigenvalue weighted by Crippen LogP contribution is -2.27. The summed E-state index contributed by atoms with van der Waals surface area (Å²) in [6.45, 7) is 0. The van der Waals surface area contributed by atoms with Crippen LogP contribution in [0.3, 0.4) is 0 Å². The monoisotopic (exact) mass is 822 g/mol. The fraction of sp³-hybridized carbons (Fsp3) is 0.146. The number of anilines is 3. The van der Waals surface area contributed by atoms with Gasteiger partial charge < -0.3 is 43.2 Å². The first kappa shape index (κ1) is 42.5. The molecule has 0 aromatic heterocycles. The lowest BCUT2D eigenvalue weighted by molar-refractivity contribution is 0.0730. The number of ether oxygens (including phenoxy) is 8. The maximum atomic E-state index is 14.4. The van der Waals surface area contributed by atoms with Crippen molar-refractivity contribution < 1.29 is 52.3 Å². The molecule has 0 fully saturated rings. The smallest absolute Gasteiger partial charge is 0.347 e. The standard InChI is InChI=1S/C48H42N2O11/c1-54-39-28-44(59-6)42(57-4)26-36(39)47(52)50(34-11-9-8-10-12-34)38-24-19-32(25-41(38)56-3)46(51)49-33-20-15-30(16-21-33)13-14-31-17-22-35(23-18-31)61-48(53)37-27-43(58-5)45(60-7)29-40(37)55-2/h8-12,15-29H,1-7H3,(H,49,51). The van der Waals surface area contributed by atoms with Crippen molar-refractivity contribution in [1.29, 1.82) is 0 Å². The molecule has 0 aliphatic rings. The van der Waals surface area contributed by atoms with E-state index in [1.807, 2.05) is 18.2 Å². The van der Waals surface area contributed by atoms with Gasteiger partial charge >= 0.3 is 5.97 Å². The van der Waals surface area contributed by atoms with E-state index in [4.69, 9.17) is 37.9 Å². The van der Waals surface area contributed by atoms with Crippen molar-refractivity contribution in [3.05, 3.63) is 149 Å². The number of hydrogen-bond acceptors (Lipinski definition) is 11. The van der Waals surface area contributed by atoms with Gasteiger partial charge in [-0.05, 0) is 78.9 Å². The molecular weight excluding hydrogens is 781 g/mol. The van der Waals surface area contributed by atoms with Crippen LogP contribution in [0.1, 0.15) is 42.2 Å². The zero-order valence-electron chi connectivity index (χ0n) is 34.5. The zero-order valence-corrected chi connectivity index (χ0v) is 34.5. The highest BCUT2D eigenvalue weighted by molar-refractivity contribution is 6.14. The average molecular weight is 823 g/mol. The number of amides is 2. The van der Waals surface area contributed by atoms with E-state index >= 15 is 0 Å². The van der Waals surface area contributed by atoms with Gasteiger partial charge in [0.1, 0.15) is 28.6 Å². The van der Waals surface area contributed by atoms with Gasteiger partial charge in [0, 0.05) is 52.3 Å². The van der Waals surface area contributed by atoms with Crippen molar-refractivity contribution in [3.8, 4) is 57.8 Å². The largest absolute Gasteiger partial charge is 0.496 e. The topological polar surface area (TPSA) is 140 Å². The fourth-order valence-electron chi connectivity index (χ4n) is 6.20. The van der Waals surface area contributed by atoms with E-state index in [-0.39, 0.29) is 28.4 Å². The molecule has 0 aliphatic carbocycles. The lowest BCUT2D eigenvalue weighted by atomic mass is 10.1. The van der Waals surface area contributed by atoms with Gasteiger partial charge in [-0.15, -0.1) is 0 Å². The number of carbonyl (C=O) groups is 3. The van der Waals surface area contributed by atoms with Crippen LogP contribution in [0.2, 0.25) is 0 Å². The Labute approximate surface area is 353 Å². The Bertz CT molecular complexity index is 2600. The third-order valence-electron chi connectivity index (χ3n) is 9.32. The molecular formula is C48H42N2O11. The van der Waals surface area contributed by atoms with E-state index in [1.165, 1.54) is 60.7 Å². The Morgan fingerprint density at radius 3 is 1.52 bits per heavy atom. The summed E-state index contributed by atoms with van der Waals surface area (Å²) in [4.78, 5) is 42.4. The van der Waals surface area contributed by atoms with E-state index in [9.17, 15) is 14.4 Å². The molecule has 13 nitrogen and oxygen atoms in total. The number of nitrogens with one attached hydrogen (secondary N) is 1. The van der Waals surface area contributed by atoms with Crippen molar-refractivity contribution >= 4 is 34.8 Å². The number of methoxy groups -OCH3 is 7. The molecule has 6 aromatic carbocycles. The molecule has 0 heterocycles. The Balaban J connectivity index is 1.15. The third-order valence-corrected chi connectivity index (χ3v) is 9.32. The van der Waals surface area contributed by atoms with Crippen LogP contribution in [0, 0.1) is 11.8 Å². The highest BCUT2D eigenvalue weighted by Crippen LogP contribution is 2.41. The number of para-hydroxylation sites is 1. The van der Waals surface area contributed by atoms with Gasteiger partial charge in [-0.2, -0.15) is 0 Å². The SMILES string of the molecule is COc1cc(OC)c(C(=O)Oc2ccc(C#Cc3ccc(NC(=O)c4ccc(N(C(=O)c5cc(OC)c(OC)cc5OC)c5ccccc5)c(OC)c4)cc3)cc2)cc1OC. The Morgan fingerprint density at radius 2 is 0.984 bits per heavy atom. The molecule has 6 rings (SSSR count). The minimum absolute atomic E-state index is 0.175. The van der Waals surface area contributed by atoms with Crippen LogP contribution in [0.5, 0.6) is 46.0 Å². The minimum atomic E-state index is -0.630. The van der Waals surface area contributed by atoms with Crippen LogP contribution >= 0.6 is 0 Å². The van der Waals surface area contributed by atoms with E-state index < -0.39 is 17.8 Å². The summed E-state index contributed by atoms with van der Waals surface area (Å²) in [5, 5.41) is 2.90. The summed E-state index contributed by atoms with van der Waals surface area (Å²) in [7, 11) is 10.3. The number of hydrogen-bond donors (Lipinski definition) is 1. The quantitative estimate of drug-likeness (QED) is 0.0642. The molecule has 0 saturated heterocycles. The normalized spacial score (nSPS) is 10.3. The molecule has 0 radical (unpaired) electrons. The van der Waals surface area contributed by atoms with Crippen molar-refractivity contribution in [2.75, 3.05) is 60.0 Å². The van der Waals surface area contributed by atoms with Crippen LogP contribution < -0.4 is 48.1 Å². The number of esters is 1. The first-order valence-electron chi connectivity index (χ1n) is 18.6. The Morgan fingerprint density at radius 1 is 0.492 bits per heavy atom. The van der Waals surface area contributed by atoms with E-state index in [0.717, 1.165) is 0 Å². The lowest BCUT2D eigenvalue weighted by Gasteiger charge is -2.26. The first-order valence-corrected chi connectivity index (χ1v) is 18.6. The molecule has 310 valence electrons. The van der Waals surface area contributed by atoms with Gasteiger partial charge in [0.05, 0.1) is 61.0 Å².